The van der Waals surface area contributed by atoms with Gasteiger partial charge in [-0.3, -0.25) is 0 Å². The summed E-state index contributed by atoms with van der Waals surface area (Å²) >= 11 is 9.80. The summed E-state index contributed by atoms with van der Waals surface area (Å²) in [4.78, 5) is 0. The number of nitrogens with one attached hydrogen (secondary N) is 1. The maximum atomic E-state index is 6.30. The average molecular weight is 367 g/mol. The third kappa shape index (κ3) is 3.19. The van der Waals surface area contributed by atoms with Crippen molar-refractivity contribution in [1.29, 1.82) is 0 Å². The molecule has 1 aliphatic rings. The van der Waals surface area contributed by atoms with Gasteiger partial charge in [0.05, 0.1) is 23.4 Å². The molecule has 0 radical (unpaired) electrons. The molecule has 0 aliphatic carbocycles. The zero-order valence-corrected chi connectivity index (χ0v) is 14.2. The topological polar surface area (TPSA) is 21.3 Å². The lowest BCUT2D eigenvalue weighted by Gasteiger charge is -2.21. The zero-order valence-electron chi connectivity index (χ0n) is 11.8. The van der Waals surface area contributed by atoms with Crippen LogP contribution < -0.4 is 10.1 Å². The highest BCUT2D eigenvalue weighted by molar-refractivity contribution is 9.10. The lowest BCUT2D eigenvalue weighted by Crippen LogP contribution is -2.10. The van der Waals surface area contributed by atoms with Crippen LogP contribution in [-0.2, 0) is 0 Å². The van der Waals surface area contributed by atoms with Crippen LogP contribution in [0.3, 0.4) is 0 Å². The lowest BCUT2D eigenvalue weighted by atomic mass is 9.99. The largest absolute Gasteiger partial charge is 0.493 e. The Balaban J connectivity index is 1.96. The Morgan fingerprint density at radius 1 is 1.29 bits per heavy atom. The van der Waals surface area contributed by atoms with Gasteiger partial charge in [-0.15, -0.1) is 0 Å². The smallest absolute Gasteiger partial charge is 0.127 e. The molecule has 4 heteroatoms. The highest BCUT2D eigenvalue weighted by Gasteiger charge is 2.21. The number of aryl methyl sites for hydroxylation is 1. The molecule has 1 aliphatic heterocycles. The number of hydrogen-bond donors (Lipinski definition) is 1. The predicted octanol–water partition coefficient (Wildman–Crippen LogP) is 5.74. The fourth-order valence-corrected chi connectivity index (χ4v) is 3.24. The maximum absolute atomic E-state index is 6.30. The van der Waals surface area contributed by atoms with Crippen LogP contribution in [0.2, 0.25) is 5.02 Å². The van der Waals surface area contributed by atoms with E-state index < -0.39 is 0 Å². The van der Waals surface area contributed by atoms with Crippen LogP contribution in [0.1, 0.15) is 30.0 Å². The van der Waals surface area contributed by atoms with Crippen molar-refractivity contribution in [3.8, 4) is 5.75 Å². The standard InChI is InChI=1S/C17H17BrClNO/c1-11-4-2-5-13-15(6-3-9-21-17(11)13)20-16-10-12(18)7-8-14(16)19/h2,4-5,7-8,10,15,20H,3,6,9H2,1H3. The number of halogens is 2. The van der Waals surface area contributed by atoms with Crippen molar-refractivity contribution >= 4 is 33.2 Å². The third-order valence-electron chi connectivity index (χ3n) is 3.76. The lowest BCUT2D eigenvalue weighted by molar-refractivity contribution is 0.314. The summed E-state index contributed by atoms with van der Waals surface area (Å²) in [5.74, 6) is 1.01. The van der Waals surface area contributed by atoms with E-state index in [1.807, 2.05) is 18.2 Å². The number of anilines is 1. The molecule has 1 N–H and O–H groups in total. The molecule has 0 saturated heterocycles. The van der Waals surface area contributed by atoms with Crippen molar-refractivity contribution in [2.24, 2.45) is 0 Å². The highest BCUT2D eigenvalue weighted by Crippen LogP contribution is 2.37. The first-order chi connectivity index (χ1) is 10.1. The number of benzene rings is 2. The van der Waals surface area contributed by atoms with Crippen LogP contribution in [0, 0.1) is 6.92 Å². The average Bonchev–Trinajstić information content (AvgIpc) is 2.67. The van der Waals surface area contributed by atoms with Crippen LogP contribution in [0.25, 0.3) is 0 Å². The van der Waals surface area contributed by atoms with Gasteiger partial charge in [0.15, 0.2) is 0 Å². The van der Waals surface area contributed by atoms with Gasteiger partial charge in [-0.05, 0) is 43.5 Å². The molecule has 0 aromatic heterocycles. The fourth-order valence-electron chi connectivity index (χ4n) is 2.71. The van der Waals surface area contributed by atoms with Gasteiger partial charge in [0.1, 0.15) is 5.75 Å². The van der Waals surface area contributed by atoms with E-state index in [4.69, 9.17) is 16.3 Å². The molecule has 3 rings (SSSR count). The van der Waals surface area contributed by atoms with Crippen molar-refractivity contribution < 1.29 is 4.74 Å². The second-order valence-corrected chi connectivity index (χ2v) is 6.63. The van der Waals surface area contributed by atoms with Crippen LogP contribution in [0.15, 0.2) is 40.9 Å². The molecule has 2 aromatic carbocycles. The van der Waals surface area contributed by atoms with Crippen LogP contribution >= 0.6 is 27.5 Å². The SMILES string of the molecule is Cc1cccc2c1OCCCC2Nc1cc(Br)ccc1Cl. The van der Waals surface area contributed by atoms with E-state index in [1.165, 1.54) is 11.1 Å². The summed E-state index contributed by atoms with van der Waals surface area (Å²) in [6, 6.07) is 12.4. The van der Waals surface area contributed by atoms with Gasteiger partial charge in [-0.2, -0.15) is 0 Å². The van der Waals surface area contributed by atoms with E-state index in [-0.39, 0.29) is 6.04 Å². The minimum absolute atomic E-state index is 0.217. The van der Waals surface area contributed by atoms with E-state index in [1.54, 1.807) is 0 Å². The first kappa shape index (κ1) is 14.7. The summed E-state index contributed by atoms with van der Waals surface area (Å²) in [5, 5.41) is 4.31. The third-order valence-corrected chi connectivity index (χ3v) is 4.58. The molecule has 2 aromatic rings. The molecular weight excluding hydrogens is 350 g/mol. The minimum atomic E-state index is 0.217. The first-order valence-electron chi connectivity index (χ1n) is 7.09. The Bertz CT molecular complexity index is 659. The maximum Gasteiger partial charge on any atom is 0.127 e. The molecule has 1 heterocycles. The summed E-state index contributed by atoms with van der Waals surface area (Å²) in [7, 11) is 0. The normalized spacial score (nSPS) is 17.6. The Labute approximate surface area is 138 Å². The zero-order chi connectivity index (χ0) is 14.8. The van der Waals surface area contributed by atoms with Gasteiger partial charge in [0.2, 0.25) is 0 Å². The van der Waals surface area contributed by atoms with Crippen molar-refractivity contribution in [2.45, 2.75) is 25.8 Å². The van der Waals surface area contributed by atoms with Gasteiger partial charge >= 0.3 is 0 Å². The molecule has 0 saturated carbocycles. The number of fused-ring (bicyclic) bond motifs is 1. The van der Waals surface area contributed by atoms with E-state index in [0.29, 0.717) is 0 Å². The Kier molecular flexibility index (Phi) is 4.41. The van der Waals surface area contributed by atoms with Crippen LogP contribution in [0.5, 0.6) is 5.75 Å². The van der Waals surface area contributed by atoms with Crippen LogP contribution in [0.4, 0.5) is 5.69 Å². The van der Waals surface area contributed by atoms with Gasteiger partial charge in [0.25, 0.3) is 0 Å². The summed E-state index contributed by atoms with van der Waals surface area (Å²) in [6.07, 6.45) is 2.05. The van der Waals surface area contributed by atoms with E-state index >= 15 is 0 Å². The van der Waals surface area contributed by atoms with Gasteiger partial charge in [0, 0.05) is 10.0 Å². The number of rotatable bonds is 2. The molecule has 21 heavy (non-hydrogen) atoms. The van der Waals surface area contributed by atoms with Crippen molar-refractivity contribution in [2.75, 3.05) is 11.9 Å². The van der Waals surface area contributed by atoms with Gasteiger partial charge in [-0.1, -0.05) is 45.7 Å². The molecule has 0 fully saturated rings. The predicted molar refractivity (Wildman–Crippen MR) is 91.4 cm³/mol. The highest BCUT2D eigenvalue weighted by atomic mass is 79.9. The molecule has 0 amide bonds. The Hall–Kier alpha value is -1.19. The Morgan fingerprint density at radius 3 is 3.00 bits per heavy atom. The summed E-state index contributed by atoms with van der Waals surface area (Å²) in [5.41, 5.74) is 3.34. The van der Waals surface area contributed by atoms with Gasteiger partial charge in [-0.25, -0.2) is 0 Å². The number of ether oxygens (including phenoxy) is 1. The van der Waals surface area contributed by atoms with Crippen molar-refractivity contribution in [1.82, 2.24) is 0 Å². The number of para-hydroxylation sites is 1. The molecule has 0 bridgehead atoms. The van der Waals surface area contributed by atoms with Crippen molar-refractivity contribution in [3.63, 3.8) is 0 Å². The molecule has 1 unspecified atom stereocenters. The second kappa shape index (κ2) is 6.29. The summed E-state index contributed by atoms with van der Waals surface area (Å²) in [6.45, 7) is 2.86. The molecule has 0 spiro atoms. The second-order valence-electron chi connectivity index (χ2n) is 5.31. The van der Waals surface area contributed by atoms with Crippen LogP contribution in [-0.4, -0.2) is 6.61 Å². The molecule has 110 valence electrons. The summed E-state index contributed by atoms with van der Waals surface area (Å²) < 4.78 is 6.94. The van der Waals surface area contributed by atoms with Crippen molar-refractivity contribution in [3.05, 3.63) is 57.0 Å². The first-order valence-corrected chi connectivity index (χ1v) is 8.26. The van der Waals surface area contributed by atoms with E-state index in [2.05, 4.69) is 46.4 Å². The molecule has 1 atom stereocenters. The van der Waals surface area contributed by atoms with E-state index in [0.717, 1.165) is 40.4 Å². The fraction of sp³-hybridized carbons (Fsp3) is 0.294. The molecular formula is C17H17BrClNO. The Morgan fingerprint density at radius 2 is 2.14 bits per heavy atom. The number of hydrogen-bond acceptors (Lipinski definition) is 2. The van der Waals surface area contributed by atoms with Gasteiger partial charge < -0.3 is 10.1 Å². The quantitative estimate of drug-likeness (QED) is 0.732. The molecule has 2 nitrogen and oxygen atoms in total. The van der Waals surface area contributed by atoms with E-state index in [9.17, 15) is 0 Å². The minimum Gasteiger partial charge on any atom is -0.493 e. The monoisotopic (exact) mass is 365 g/mol.